The van der Waals surface area contributed by atoms with Gasteiger partial charge in [-0.05, 0) is 61.4 Å². The van der Waals surface area contributed by atoms with Gasteiger partial charge in [0.15, 0.2) is 29.9 Å². The second kappa shape index (κ2) is 25.6. The Bertz CT molecular complexity index is 1310. The van der Waals surface area contributed by atoms with Gasteiger partial charge in [-0.15, -0.1) is 0 Å². The highest BCUT2D eigenvalue weighted by Crippen LogP contribution is 2.14. The number of rotatable bonds is 17. The fourth-order valence-corrected chi connectivity index (χ4v) is 4.02. The van der Waals surface area contributed by atoms with Crippen molar-refractivity contribution in [2.45, 2.75) is 56.2 Å². The SMILES string of the molecule is N=C(NCCCCCCNC(=N)NC(=N)Nc1ccc(Cl)cc1)NC(=N)Nc1ccc(Cl)cc1.O=C(OCC(O)CO)[C@H](O)[C@@H](O)[C@H](O)[C@H](O)CO. The smallest absolute Gasteiger partial charge is 0.337 e. The number of unbranched alkanes of at least 4 members (excludes halogenated alkanes) is 3. The molecule has 1 unspecified atom stereocenters. The van der Waals surface area contributed by atoms with E-state index in [1.807, 2.05) is 0 Å². The molecule has 21 heteroatoms. The Balaban J connectivity index is 0.000000636. The number of hydrogen-bond donors (Lipinski definition) is 17. The number of hydrogen-bond acceptors (Lipinski definition) is 13. The Morgan fingerprint density at radius 2 is 1.06 bits per heavy atom. The molecule has 52 heavy (non-hydrogen) atoms. The second-order valence-corrected chi connectivity index (χ2v) is 11.8. The summed E-state index contributed by atoms with van der Waals surface area (Å²) in [6.45, 7) is -0.879. The standard InChI is InChI=1S/C22H30Cl2N10.C9H18O9/c23-15-5-9-17(10-6-15)31-21(27)33-19(25)29-13-3-1-2-4-14-30-20(26)34-22(28)32-18-11-7-16(24)8-12-18;10-1-4(12)3-18-9(17)8(16)7(15)6(14)5(13)2-11/h5-12H,1-4,13-14H2,(H5,25,27,29,31,33)(H5,26,28,30,32,34);4-8,10-16H,1-3H2/t;4?,5-,6-,7+,8-/m.1/s1. The Kier molecular flexibility index (Phi) is 22.5. The van der Waals surface area contributed by atoms with Crippen LogP contribution in [0.2, 0.25) is 10.0 Å². The van der Waals surface area contributed by atoms with Crippen LogP contribution in [-0.2, 0) is 9.53 Å². The van der Waals surface area contributed by atoms with Crippen molar-refractivity contribution < 1.29 is 45.3 Å². The predicted molar refractivity (Wildman–Crippen MR) is 197 cm³/mol. The van der Waals surface area contributed by atoms with E-state index in [0.29, 0.717) is 34.5 Å². The average molecular weight is 776 g/mol. The largest absolute Gasteiger partial charge is 0.461 e. The summed E-state index contributed by atoms with van der Waals surface area (Å²) in [6.07, 6.45) is -5.52. The Hall–Kier alpha value is -4.31. The summed E-state index contributed by atoms with van der Waals surface area (Å²) in [4.78, 5) is 11.1. The number of aliphatic hydroxyl groups is 7. The molecule has 0 heterocycles. The predicted octanol–water partition coefficient (Wildman–Crippen LogP) is -0.506. The van der Waals surface area contributed by atoms with E-state index in [-0.39, 0.29) is 23.8 Å². The zero-order valence-corrected chi connectivity index (χ0v) is 29.6. The third-order valence-electron chi connectivity index (χ3n) is 6.56. The van der Waals surface area contributed by atoms with E-state index in [2.05, 4.69) is 36.6 Å². The van der Waals surface area contributed by atoms with Crippen molar-refractivity contribution in [3.05, 3.63) is 58.6 Å². The molecule has 0 saturated carbocycles. The fraction of sp³-hybridized carbons (Fsp3) is 0.452. The first-order chi connectivity index (χ1) is 24.7. The van der Waals surface area contributed by atoms with Gasteiger partial charge in [0.25, 0.3) is 0 Å². The molecular formula is C31H48Cl2N10O9. The van der Waals surface area contributed by atoms with Gasteiger partial charge in [-0.1, -0.05) is 36.0 Å². The molecule has 2 rings (SSSR count). The highest BCUT2D eigenvalue weighted by Gasteiger charge is 2.35. The molecule has 0 aliphatic rings. The van der Waals surface area contributed by atoms with E-state index in [0.717, 1.165) is 25.7 Å². The van der Waals surface area contributed by atoms with E-state index in [1.165, 1.54) is 0 Å². The summed E-state index contributed by atoms with van der Waals surface area (Å²) in [7, 11) is 0. The third-order valence-corrected chi connectivity index (χ3v) is 7.06. The Morgan fingerprint density at radius 3 is 1.44 bits per heavy atom. The molecule has 0 bridgehead atoms. The van der Waals surface area contributed by atoms with Crippen LogP contribution >= 0.6 is 23.2 Å². The van der Waals surface area contributed by atoms with Crippen molar-refractivity contribution in [1.82, 2.24) is 21.3 Å². The number of anilines is 2. The zero-order chi connectivity index (χ0) is 39.1. The molecule has 2 aromatic carbocycles. The van der Waals surface area contributed by atoms with E-state index >= 15 is 0 Å². The van der Waals surface area contributed by atoms with Crippen LogP contribution in [0.4, 0.5) is 11.4 Å². The van der Waals surface area contributed by atoms with Crippen molar-refractivity contribution in [1.29, 1.82) is 21.6 Å². The molecule has 5 atom stereocenters. The van der Waals surface area contributed by atoms with E-state index in [9.17, 15) is 20.1 Å². The van der Waals surface area contributed by atoms with E-state index in [1.54, 1.807) is 48.5 Å². The maximum atomic E-state index is 11.1. The number of halogens is 2. The van der Waals surface area contributed by atoms with Gasteiger partial charge in [0.05, 0.1) is 13.2 Å². The summed E-state index contributed by atoms with van der Waals surface area (Å²) in [5.74, 6) is -1.24. The quantitative estimate of drug-likeness (QED) is 0.0417. The highest BCUT2D eigenvalue weighted by atomic mass is 35.5. The molecule has 17 N–H and O–H groups in total. The second-order valence-electron chi connectivity index (χ2n) is 10.9. The van der Waals surface area contributed by atoms with Gasteiger partial charge in [-0.3, -0.25) is 32.3 Å². The lowest BCUT2D eigenvalue weighted by Gasteiger charge is -2.24. The van der Waals surface area contributed by atoms with Crippen LogP contribution in [-0.4, -0.2) is 129 Å². The first kappa shape index (κ1) is 45.7. The number of benzene rings is 2. The maximum absolute atomic E-state index is 11.1. The molecule has 0 saturated heterocycles. The van der Waals surface area contributed by atoms with Gasteiger partial charge in [0.2, 0.25) is 0 Å². The molecule has 0 aliphatic heterocycles. The molecular weight excluding hydrogens is 727 g/mol. The molecule has 0 aromatic heterocycles. The van der Waals surface area contributed by atoms with Crippen molar-refractivity contribution in [3.63, 3.8) is 0 Å². The summed E-state index contributed by atoms with van der Waals surface area (Å²) < 4.78 is 4.33. The summed E-state index contributed by atoms with van der Waals surface area (Å²) in [5, 5.41) is 112. The van der Waals surface area contributed by atoms with Crippen LogP contribution in [0.1, 0.15) is 25.7 Å². The minimum atomic E-state index is -2.16. The van der Waals surface area contributed by atoms with Crippen LogP contribution in [0.25, 0.3) is 0 Å². The molecule has 0 radical (unpaired) electrons. The number of nitrogens with one attached hydrogen (secondary N) is 10. The first-order valence-electron chi connectivity index (χ1n) is 15.9. The molecule has 2 aromatic rings. The molecule has 0 spiro atoms. The van der Waals surface area contributed by atoms with Crippen molar-refractivity contribution in [2.24, 2.45) is 0 Å². The van der Waals surface area contributed by atoms with Crippen LogP contribution in [0.15, 0.2) is 48.5 Å². The van der Waals surface area contributed by atoms with Gasteiger partial charge in [0.1, 0.15) is 31.0 Å². The Labute approximate surface area is 310 Å². The van der Waals surface area contributed by atoms with Gasteiger partial charge in [0, 0.05) is 34.5 Å². The van der Waals surface area contributed by atoms with Crippen LogP contribution < -0.4 is 31.9 Å². The molecule has 0 fully saturated rings. The van der Waals surface area contributed by atoms with Crippen LogP contribution in [0.5, 0.6) is 0 Å². The minimum Gasteiger partial charge on any atom is -0.461 e. The monoisotopic (exact) mass is 774 g/mol. The lowest BCUT2D eigenvalue weighted by Crippen LogP contribution is -2.49. The normalized spacial score (nSPS) is 13.4. The Morgan fingerprint density at radius 1 is 0.635 bits per heavy atom. The number of esters is 1. The first-order valence-corrected chi connectivity index (χ1v) is 16.6. The number of carbonyl (C=O) groups excluding carboxylic acids is 1. The maximum Gasteiger partial charge on any atom is 0.337 e. The van der Waals surface area contributed by atoms with Crippen molar-refractivity contribution in [2.75, 3.05) is 43.5 Å². The average Bonchev–Trinajstić information content (AvgIpc) is 3.12. The van der Waals surface area contributed by atoms with Gasteiger partial charge >= 0.3 is 5.97 Å². The number of carbonyl (C=O) groups is 1. The third kappa shape index (κ3) is 19.9. The summed E-state index contributed by atoms with van der Waals surface area (Å²) in [6, 6.07) is 13.9. The summed E-state index contributed by atoms with van der Waals surface area (Å²) >= 11 is 11.7. The highest BCUT2D eigenvalue weighted by molar-refractivity contribution is 6.31. The van der Waals surface area contributed by atoms with Crippen LogP contribution in [0.3, 0.4) is 0 Å². The molecule has 19 nitrogen and oxygen atoms in total. The number of guanidine groups is 4. The minimum absolute atomic E-state index is 0.00148. The zero-order valence-electron chi connectivity index (χ0n) is 28.1. The van der Waals surface area contributed by atoms with E-state index in [4.69, 9.17) is 65.3 Å². The molecule has 0 amide bonds. The van der Waals surface area contributed by atoms with Crippen molar-refractivity contribution in [3.8, 4) is 0 Å². The number of ether oxygens (including phenoxy) is 1. The topological polar surface area (TPSA) is 335 Å². The van der Waals surface area contributed by atoms with Gasteiger partial charge < -0.3 is 61.7 Å². The van der Waals surface area contributed by atoms with Gasteiger partial charge in [-0.2, -0.15) is 0 Å². The lowest BCUT2D eigenvalue weighted by molar-refractivity contribution is -0.173. The lowest BCUT2D eigenvalue weighted by atomic mass is 10.0. The molecule has 0 aliphatic carbocycles. The fourth-order valence-electron chi connectivity index (χ4n) is 3.76. The van der Waals surface area contributed by atoms with E-state index < -0.39 is 56.3 Å². The number of aliphatic hydroxyl groups excluding tert-OH is 7. The molecule has 290 valence electrons. The van der Waals surface area contributed by atoms with Gasteiger partial charge in [-0.25, -0.2) is 4.79 Å². The van der Waals surface area contributed by atoms with Crippen LogP contribution in [0, 0.1) is 21.6 Å². The summed E-state index contributed by atoms with van der Waals surface area (Å²) in [5.41, 5.74) is 1.42. The van der Waals surface area contributed by atoms with Crippen molar-refractivity contribution >= 4 is 64.4 Å².